The number of hydrogen-bond donors (Lipinski definition) is 2. The average molecular weight is 498 g/mol. The van der Waals surface area contributed by atoms with E-state index in [9.17, 15) is 9.59 Å². The number of aryl methyl sites for hydroxylation is 2. The van der Waals surface area contributed by atoms with E-state index < -0.39 is 11.8 Å². The summed E-state index contributed by atoms with van der Waals surface area (Å²) in [6.07, 6.45) is 2.93. The molecule has 0 aliphatic carbocycles. The van der Waals surface area contributed by atoms with Gasteiger partial charge in [-0.25, -0.2) is 5.43 Å². The minimum atomic E-state index is -0.846. The van der Waals surface area contributed by atoms with Gasteiger partial charge in [0.2, 0.25) is 0 Å². The van der Waals surface area contributed by atoms with Gasteiger partial charge in [0.05, 0.1) is 6.21 Å². The number of hydrazone groups is 1. The molecule has 0 aliphatic rings. The Labute approximate surface area is 208 Å². The topological polar surface area (TPSA) is 79.8 Å². The van der Waals surface area contributed by atoms with Crippen LogP contribution in [0.15, 0.2) is 65.8 Å². The molecule has 6 nitrogen and oxygen atoms in total. The molecule has 0 unspecified atom stereocenters. The molecular formula is C26H25Cl2N3O3. The zero-order chi connectivity index (χ0) is 24.5. The number of rotatable bonds is 8. The quantitative estimate of drug-likeness (QED) is 0.235. The first-order chi connectivity index (χ1) is 16.4. The summed E-state index contributed by atoms with van der Waals surface area (Å²) in [6, 6.07) is 18.1. The molecule has 0 bridgehead atoms. The highest BCUT2D eigenvalue weighted by Crippen LogP contribution is 2.26. The zero-order valence-corrected chi connectivity index (χ0v) is 20.4. The first-order valence-electron chi connectivity index (χ1n) is 10.8. The summed E-state index contributed by atoms with van der Waals surface area (Å²) in [5.74, 6) is -0.992. The summed E-state index contributed by atoms with van der Waals surface area (Å²) in [6.45, 7) is 4.23. The number of carbonyl (C=O) groups is 2. The molecule has 0 aromatic heterocycles. The summed E-state index contributed by atoms with van der Waals surface area (Å²) in [7, 11) is 0. The number of amides is 2. The molecule has 8 heteroatoms. The molecule has 0 fully saturated rings. The normalized spacial score (nSPS) is 10.8. The molecule has 0 aliphatic heterocycles. The molecular weight excluding hydrogens is 473 g/mol. The second kappa shape index (κ2) is 12.2. The van der Waals surface area contributed by atoms with Crippen LogP contribution in [0.1, 0.15) is 36.1 Å². The van der Waals surface area contributed by atoms with Crippen molar-refractivity contribution >= 4 is 46.9 Å². The number of anilines is 1. The molecule has 2 amide bonds. The van der Waals surface area contributed by atoms with Gasteiger partial charge in [0, 0.05) is 21.3 Å². The van der Waals surface area contributed by atoms with E-state index in [1.807, 2.05) is 32.0 Å². The van der Waals surface area contributed by atoms with Crippen molar-refractivity contribution in [3.63, 3.8) is 0 Å². The third-order valence-electron chi connectivity index (χ3n) is 5.15. The van der Waals surface area contributed by atoms with Crippen LogP contribution in [-0.2, 0) is 29.0 Å². The summed E-state index contributed by atoms with van der Waals surface area (Å²) in [5.41, 5.74) is 6.32. The van der Waals surface area contributed by atoms with E-state index in [1.54, 1.807) is 42.5 Å². The fraction of sp³-hybridized carbons (Fsp3) is 0.192. The van der Waals surface area contributed by atoms with E-state index in [2.05, 4.69) is 15.8 Å². The Morgan fingerprint density at radius 2 is 1.47 bits per heavy atom. The van der Waals surface area contributed by atoms with Crippen molar-refractivity contribution in [1.82, 2.24) is 5.43 Å². The first-order valence-corrected chi connectivity index (χ1v) is 11.6. The molecule has 3 aromatic carbocycles. The van der Waals surface area contributed by atoms with Crippen LogP contribution < -0.4 is 15.5 Å². The van der Waals surface area contributed by atoms with Crippen LogP contribution in [0.2, 0.25) is 10.0 Å². The van der Waals surface area contributed by atoms with E-state index in [0.717, 1.165) is 24.0 Å². The molecule has 0 radical (unpaired) electrons. The molecule has 0 atom stereocenters. The number of halogens is 2. The van der Waals surface area contributed by atoms with Crippen molar-refractivity contribution in [3.05, 3.63) is 93.0 Å². The lowest BCUT2D eigenvalue weighted by molar-refractivity contribution is -0.136. The van der Waals surface area contributed by atoms with Crippen molar-refractivity contribution in [2.24, 2.45) is 5.10 Å². The Hall–Kier alpha value is -3.35. The van der Waals surface area contributed by atoms with Gasteiger partial charge in [-0.1, -0.05) is 61.3 Å². The molecule has 0 saturated carbocycles. The highest BCUT2D eigenvalue weighted by Gasteiger charge is 2.16. The first kappa shape index (κ1) is 25.3. The van der Waals surface area contributed by atoms with Crippen molar-refractivity contribution in [2.45, 2.75) is 33.3 Å². The minimum Gasteiger partial charge on any atom is -0.489 e. The number of carbonyl (C=O) groups excluding carboxylic acids is 2. The second-order valence-corrected chi connectivity index (χ2v) is 8.18. The monoisotopic (exact) mass is 497 g/mol. The fourth-order valence-corrected chi connectivity index (χ4v) is 3.77. The van der Waals surface area contributed by atoms with Gasteiger partial charge < -0.3 is 10.1 Å². The Kier molecular flexibility index (Phi) is 9.08. The predicted octanol–water partition coefficient (Wildman–Crippen LogP) is 5.79. The Balaban J connectivity index is 1.54. The Morgan fingerprint density at radius 1 is 0.882 bits per heavy atom. The van der Waals surface area contributed by atoms with Gasteiger partial charge >= 0.3 is 11.8 Å². The number of nitrogens with zero attached hydrogens (tertiary/aromatic N) is 1. The Morgan fingerprint density at radius 3 is 2.06 bits per heavy atom. The van der Waals surface area contributed by atoms with E-state index in [-0.39, 0.29) is 6.61 Å². The van der Waals surface area contributed by atoms with Crippen molar-refractivity contribution in [1.29, 1.82) is 0 Å². The van der Waals surface area contributed by atoms with Crippen molar-refractivity contribution < 1.29 is 14.3 Å². The number of benzene rings is 3. The maximum Gasteiger partial charge on any atom is 0.329 e. The van der Waals surface area contributed by atoms with Gasteiger partial charge in [-0.15, -0.1) is 0 Å². The summed E-state index contributed by atoms with van der Waals surface area (Å²) < 4.78 is 5.74. The number of para-hydroxylation sites is 1. The molecule has 3 aromatic rings. The fourth-order valence-electron chi connectivity index (χ4n) is 3.27. The van der Waals surface area contributed by atoms with Crippen LogP contribution >= 0.6 is 23.2 Å². The van der Waals surface area contributed by atoms with Crippen LogP contribution in [0, 0.1) is 0 Å². The lowest BCUT2D eigenvalue weighted by atomic mass is 10.0. The Bertz CT molecular complexity index is 1150. The second-order valence-electron chi connectivity index (χ2n) is 7.37. The molecule has 2 N–H and O–H groups in total. The van der Waals surface area contributed by atoms with Crippen LogP contribution in [0.3, 0.4) is 0 Å². The summed E-state index contributed by atoms with van der Waals surface area (Å²) >= 11 is 12.3. The largest absolute Gasteiger partial charge is 0.489 e. The molecule has 3 rings (SSSR count). The molecule has 0 heterocycles. The van der Waals surface area contributed by atoms with Crippen LogP contribution in [0.5, 0.6) is 5.75 Å². The standard InChI is InChI=1S/C26H25Cl2N3O3/c1-3-18-7-5-8-19(4-2)24(18)30-25(32)26(33)31-29-15-17-11-13-20(14-12-17)34-16-21-22(27)9-6-10-23(21)28/h5-15H,3-4,16H2,1-2H3,(H,30,32)(H,31,33)/b29-15-. The van der Waals surface area contributed by atoms with Gasteiger partial charge in [0.25, 0.3) is 0 Å². The van der Waals surface area contributed by atoms with Gasteiger partial charge in [0.1, 0.15) is 12.4 Å². The molecule has 176 valence electrons. The third-order valence-corrected chi connectivity index (χ3v) is 5.86. The van der Waals surface area contributed by atoms with Crippen LogP contribution in [-0.4, -0.2) is 18.0 Å². The van der Waals surface area contributed by atoms with Crippen molar-refractivity contribution in [3.8, 4) is 5.75 Å². The molecule has 34 heavy (non-hydrogen) atoms. The SMILES string of the molecule is CCc1cccc(CC)c1NC(=O)C(=O)N/N=C\c1ccc(OCc2c(Cl)cccc2Cl)cc1. The smallest absolute Gasteiger partial charge is 0.329 e. The molecule has 0 saturated heterocycles. The van der Waals surface area contributed by atoms with E-state index >= 15 is 0 Å². The van der Waals surface area contributed by atoms with Gasteiger partial charge in [-0.05, 0) is 65.9 Å². The van der Waals surface area contributed by atoms with Gasteiger partial charge in [-0.3, -0.25) is 9.59 Å². The maximum absolute atomic E-state index is 12.3. The maximum atomic E-state index is 12.3. The van der Waals surface area contributed by atoms with E-state index in [0.29, 0.717) is 32.6 Å². The highest BCUT2D eigenvalue weighted by atomic mass is 35.5. The van der Waals surface area contributed by atoms with E-state index in [1.165, 1.54) is 6.21 Å². The zero-order valence-electron chi connectivity index (χ0n) is 18.9. The minimum absolute atomic E-state index is 0.234. The van der Waals surface area contributed by atoms with Gasteiger partial charge in [-0.2, -0.15) is 5.10 Å². The number of nitrogens with one attached hydrogen (secondary N) is 2. The third kappa shape index (κ3) is 6.59. The predicted molar refractivity (Wildman–Crippen MR) is 137 cm³/mol. The highest BCUT2D eigenvalue weighted by molar-refractivity contribution is 6.39. The summed E-state index contributed by atoms with van der Waals surface area (Å²) in [4.78, 5) is 24.5. The van der Waals surface area contributed by atoms with Gasteiger partial charge in [0.15, 0.2) is 0 Å². The average Bonchev–Trinajstić information content (AvgIpc) is 2.84. The number of hydrogen-bond acceptors (Lipinski definition) is 4. The lowest BCUT2D eigenvalue weighted by Gasteiger charge is -2.13. The molecule has 0 spiro atoms. The lowest BCUT2D eigenvalue weighted by Crippen LogP contribution is -2.33. The number of ether oxygens (including phenoxy) is 1. The van der Waals surface area contributed by atoms with Crippen LogP contribution in [0.4, 0.5) is 5.69 Å². The van der Waals surface area contributed by atoms with Crippen molar-refractivity contribution in [2.75, 3.05) is 5.32 Å². The van der Waals surface area contributed by atoms with E-state index in [4.69, 9.17) is 27.9 Å². The summed E-state index contributed by atoms with van der Waals surface area (Å²) in [5, 5.41) is 7.67. The van der Waals surface area contributed by atoms with Crippen LogP contribution in [0.25, 0.3) is 0 Å².